The van der Waals surface area contributed by atoms with E-state index in [1.54, 1.807) is 17.3 Å². The molecule has 6 nitrogen and oxygen atoms in total. The highest BCUT2D eigenvalue weighted by Crippen LogP contribution is 2.35. The number of hydrogen-bond acceptors (Lipinski definition) is 5. The maximum absolute atomic E-state index is 13.2. The second kappa shape index (κ2) is 6.92. The number of aryl methyl sites for hydroxylation is 1. The standard InChI is InChI=1S/C15H22N2O4S2.ClH/c1-11-3-6-14(22(2,18)19)9-15(11)23(20,21)17-12-4-5-13(17)10-16-8-7-12;/h3,6,9,12-13,16H,4-5,7-8,10H2,1-2H3;1H. The summed E-state index contributed by atoms with van der Waals surface area (Å²) < 4.78 is 51.6. The second-order valence-corrected chi connectivity index (χ2v) is 10.2. The van der Waals surface area contributed by atoms with Gasteiger partial charge in [-0.2, -0.15) is 4.31 Å². The van der Waals surface area contributed by atoms with Crippen LogP contribution in [0.4, 0.5) is 0 Å². The number of rotatable bonds is 3. The molecule has 0 aliphatic carbocycles. The van der Waals surface area contributed by atoms with Crippen LogP contribution in [0, 0.1) is 6.92 Å². The molecule has 2 aliphatic rings. The van der Waals surface area contributed by atoms with E-state index in [0.717, 1.165) is 32.1 Å². The van der Waals surface area contributed by atoms with Gasteiger partial charge in [-0.3, -0.25) is 0 Å². The number of sulfone groups is 1. The van der Waals surface area contributed by atoms with Crippen molar-refractivity contribution in [1.82, 2.24) is 9.62 Å². The summed E-state index contributed by atoms with van der Waals surface area (Å²) >= 11 is 0. The summed E-state index contributed by atoms with van der Waals surface area (Å²) in [6.07, 6.45) is 3.60. The highest BCUT2D eigenvalue weighted by Gasteiger charge is 2.43. The van der Waals surface area contributed by atoms with Gasteiger partial charge in [0.25, 0.3) is 0 Å². The minimum Gasteiger partial charge on any atom is -0.315 e. The fourth-order valence-electron chi connectivity index (χ4n) is 3.53. The Morgan fingerprint density at radius 3 is 2.42 bits per heavy atom. The molecule has 1 aromatic rings. The van der Waals surface area contributed by atoms with E-state index < -0.39 is 19.9 Å². The first-order valence-corrected chi connectivity index (χ1v) is 11.1. The third-order valence-corrected chi connectivity index (χ3v) is 7.99. The first kappa shape index (κ1) is 19.7. The lowest BCUT2D eigenvalue weighted by atomic mass is 10.1. The van der Waals surface area contributed by atoms with Crippen molar-refractivity contribution in [3.63, 3.8) is 0 Å². The molecule has 0 radical (unpaired) electrons. The van der Waals surface area contributed by atoms with Crippen molar-refractivity contribution in [2.75, 3.05) is 19.3 Å². The van der Waals surface area contributed by atoms with Gasteiger partial charge in [0, 0.05) is 24.9 Å². The van der Waals surface area contributed by atoms with Crippen LogP contribution >= 0.6 is 12.4 Å². The number of sulfonamides is 1. The molecular formula is C15H23ClN2O4S2. The largest absolute Gasteiger partial charge is 0.315 e. The maximum atomic E-state index is 13.2. The minimum atomic E-state index is -3.71. The molecule has 2 heterocycles. The third-order valence-electron chi connectivity index (χ3n) is 4.73. The number of fused-ring (bicyclic) bond motifs is 2. The molecular weight excluding hydrogens is 372 g/mol. The number of halogens is 1. The van der Waals surface area contributed by atoms with Gasteiger partial charge in [0.05, 0.1) is 9.79 Å². The quantitative estimate of drug-likeness (QED) is 0.836. The van der Waals surface area contributed by atoms with Crippen molar-refractivity contribution >= 4 is 32.3 Å². The Labute approximate surface area is 150 Å². The molecule has 2 unspecified atom stereocenters. The van der Waals surface area contributed by atoms with E-state index in [-0.39, 0.29) is 34.3 Å². The van der Waals surface area contributed by atoms with Gasteiger partial charge in [0.15, 0.2) is 9.84 Å². The fourth-order valence-corrected chi connectivity index (χ4v) is 6.41. The number of nitrogens with one attached hydrogen (secondary N) is 1. The molecule has 3 rings (SSSR count). The molecule has 2 atom stereocenters. The van der Waals surface area contributed by atoms with Gasteiger partial charge in [-0.05, 0) is 50.4 Å². The lowest BCUT2D eigenvalue weighted by molar-refractivity contribution is 0.334. The Kier molecular flexibility index (Phi) is 5.66. The molecule has 0 aromatic heterocycles. The highest BCUT2D eigenvalue weighted by molar-refractivity contribution is 7.91. The van der Waals surface area contributed by atoms with Crippen LogP contribution in [0.25, 0.3) is 0 Å². The van der Waals surface area contributed by atoms with E-state index in [1.165, 1.54) is 12.1 Å². The molecule has 1 N–H and O–H groups in total. The molecule has 2 saturated heterocycles. The summed E-state index contributed by atoms with van der Waals surface area (Å²) in [5.74, 6) is 0. The summed E-state index contributed by atoms with van der Waals surface area (Å²) in [4.78, 5) is 0.154. The first-order valence-electron chi connectivity index (χ1n) is 7.76. The molecule has 136 valence electrons. The van der Waals surface area contributed by atoms with E-state index in [9.17, 15) is 16.8 Å². The Hall–Kier alpha value is -0.670. The van der Waals surface area contributed by atoms with Gasteiger partial charge in [-0.25, -0.2) is 16.8 Å². The number of hydrogen-bond donors (Lipinski definition) is 1. The first-order chi connectivity index (χ1) is 10.7. The lowest BCUT2D eigenvalue weighted by Gasteiger charge is -2.27. The number of nitrogens with zero attached hydrogens (tertiary/aromatic N) is 1. The molecule has 2 bridgehead atoms. The van der Waals surface area contributed by atoms with Crippen molar-refractivity contribution < 1.29 is 16.8 Å². The fraction of sp³-hybridized carbons (Fsp3) is 0.600. The van der Waals surface area contributed by atoms with Crippen LogP contribution in [0.2, 0.25) is 0 Å². The van der Waals surface area contributed by atoms with Crippen molar-refractivity contribution in [3.8, 4) is 0 Å². The van der Waals surface area contributed by atoms with Gasteiger partial charge in [0.2, 0.25) is 10.0 Å². The van der Waals surface area contributed by atoms with E-state index in [2.05, 4.69) is 5.32 Å². The van der Waals surface area contributed by atoms with Crippen LogP contribution in [0.5, 0.6) is 0 Å². The van der Waals surface area contributed by atoms with E-state index in [1.807, 2.05) is 0 Å². The predicted molar refractivity (Wildman–Crippen MR) is 94.9 cm³/mol. The second-order valence-electron chi connectivity index (χ2n) is 6.41. The Morgan fingerprint density at radius 2 is 1.75 bits per heavy atom. The maximum Gasteiger partial charge on any atom is 0.243 e. The summed E-state index contributed by atoms with van der Waals surface area (Å²) in [7, 11) is -7.15. The summed E-state index contributed by atoms with van der Waals surface area (Å²) in [5.41, 5.74) is 0.578. The molecule has 2 aliphatic heterocycles. The highest BCUT2D eigenvalue weighted by atomic mass is 35.5. The van der Waals surface area contributed by atoms with Crippen LogP contribution in [0.3, 0.4) is 0 Å². The third kappa shape index (κ3) is 3.48. The molecule has 2 fully saturated rings. The normalized spacial score (nSPS) is 25.1. The van der Waals surface area contributed by atoms with Crippen molar-refractivity contribution in [2.45, 2.75) is 48.1 Å². The monoisotopic (exact) mass is 394 g/mol. The zero-order valence-electron chi connectivity index (χ0n) is 13.7. The SMILES string of the molecule is Cc1ccc(S(C)(=O)=O)cc1S(=O)(=O)N1C2CCNCC1CC2.Cl. The smallest absolute Gasteiger partial charge is 0.243 e. The average Bonchev–Trinajstić information content (AvgIpc) is 2.71. The molecule has 0 amide bonds. The minimum absolute atomic E-state index is 0. The van der Waals surface area contributed by atoms with Crippen LogP contribution in [-0.4, -0.2) is 52.6 Å². The molecule has 9 heteroatoms. The topological polar surface area (TPSA) is 83.5 Å². The van der Waals surface area contributed by atoms with Crippen LogP contribution in [-0.2, 0) is 19.9 Å². The van der Waals surface area contributed by atoms with E-state index in [4.69, 9.17) is 0 Å². The Bertz CT molecular complexity index is 810. The van der Waals surface area contributed by atoms with Crippen LogP contribution < -0.4 is 5.32 Å². The van der Waals surface area contributed by atoms with Crippen molar-refractivity contribution in [2.24, 2.45) is 0 Å². The van der Waals surface area contributed by atoms with Gasteiger partial charge in [-0.1, -0.05) is 6.07 Å². The van der Waals surface area contributed by atoms with Gasteiger partial charge in [-0.15, -0.1) is 12.4 Å². The molecule has 24 heavy (non-hydrogen) atoms. The van der Waals surface area contributed by atoms with Crippen LogP contribution in [0.15, 0.2) is 28.0 Å². The Morgan fingerprint density at radius 1 is 1.08 bits per heavy atom. The van der Waals surface area contributed by atoms with E-state index in [0.29, 0.717) is 12.1 Å². The summed E-state index contributed by atoms with van der Waals surface area (Å²) in [6.45, 7) is 3.17. The summed E-state index contributed by atoms with van der Waals surface area (Å²) in [5, 5.41) is 3.28. The van der Waals surface area contributed by atoms with Gasteiger partial charge in [0.1, 0.15) is 0 Å². The lowest BCUT2D eigenvalue weighted by Crippen LogP contribution is -2.42. The van der Waals surface area contributed by atoms with E-state index >= 15 is 0 Å². The number of benzene rings is 1. The summed E-state index contributed by atoms with van der Waals surface area (Å²) in [6, 6.07) is 4.29. The predicted octanol–water partition coefficient (Wildman–Crippen LogP) is 1.34. The molecule has 1 aromatic carbocycles. The van der Waals surface area contributed by atoms with Gasteiger partial charge < -0.3 is 5.32 Å². The zero-order valence-corrected chi connectivity index (χ0v) is 16.2. The molecule has 0 spiro atoms. The van der Waals surface area contributed by atoms with Crippen LogP contribution in [0.1, 0.15) is 24.8 Å². The average molecular weight is 395 g/mol. The Balaban J connectivity index is 0.00000208. The zero-order chi connectivity index (χ0) is 16.8. The van der Waals surface area contributed by atoms with Crippen molar-refractivity contribution in [1.29, 1.82) is 0 Å². The van der Waals surface area contributed by atoms with Gasteiger partial charge >= 0.3 is 0 Å². The molecule has 0 saturated carbocycles. The van der Waals surface area contributed by atoms with Crippen molar-refractivity contribution in [3.05, 3.63) is 23.8 Å².